The Bertz CT molecular complexity index is 948. The predicted molar refractivity (Wildman–Crippen MR) is 147 cm³/mol. The lowest BCUT2D eigenvalue weighted by molar-refractivity contribution is 0.405. The van der Waals surface area contributed by atoms with Crippen molar-refractivity contribution in [2.45, 2.75) is 20.0 Å². The second-order valence-corrected chi connectivity index (χ2v) is 8.47. The molecule has 4 nitrogen and oxygen atoms in total. The highest BCUT2D eigenvalue weighted by Gasteiger charge is 2.15. The molecule has 0 saturated heterocycles. The number of halogens is 2. The van der Waals surface area contributed by atoms with Gasteiger partial charge in [0.25, 0.3) is 0 Å². The Morgan fingerprint density at radius 2 is 1.34 bits per heavy atom. The second-order valence-electron chi connectivity index (χ2n) is 6.83. The van der Waals surface area contributed by atoms with Crippen molar-refractivity contribution in [3.63, 3.8) is 0 Å². The summed E-state index contributed by atoms with van der Waals surface area (Å²) in [5.41, 5.74) is 3.13. The number of methoxy groups -OCH3 is 2. The maximum atomic E-state index is 6.40. The van der Waals surface area contributed by atoms with Gasteiger partial charge in [0.1, 0.15) is 11.5 Å². The fourth-order valence-corrected chi connectivity index (χ4v) is 3.97. The summed E-state index contributed by atoms with van der Waals surface area (Å²) in [4.78, 5) is 7.21. The van der Waals surface area contributed by atoms with Crippen molar-refractivity contribution >= 4 is 58.2 Å². The lowest BCUT2D eigenvalue weighted by atomic mass is 10.1. The van der Waals surface area contributed by atoms with Crippen LogP contribution in [0.3, 0.4) is 0 Å². The maximum absolute atomic E-state index is 6.40. The van der Waals surface area contributed by atoms with Crippen molar-refractivity contribution in [3.05, 3.63) is 88.9 Å². The fraction of sp³-hybridized carbons (Fsp3) is 0.240. The first-order valence-electron chi connectivity index (χ1n) is 10.1. The molecule has 0 aliphatic rings. The molecular weight excluding hydrogens is 555 g/mol. The summed E-state index contributed by atoms with van der Waals surface area (Å²) in [6.07, 6.45) is 0. The minimum absolute atomic E-state index is 0. The van der Waals surface area contributed by atoms with E-state index in [2.05, 4.69) is 36.1 Å². The van der Waals surface area contributed by atoms with Crippen molar-refractivity contribution in [1.82, 2.24) is 4.90 Å². The number of rotatable bonds is 8. The van der Waals surface area contributed by atoms with Gasteiger partial charge in [0.15, 0.2) is 5.17 Å². The Kier molecular flexibility index (Phi) is 11.2. The lowest BCUT2D eigenvalue weighted by Gasteiger charge is -2.26. The van der Waals surface area contributed by atoms with E-state index in [9.17, 15) is 0 Å². The molecule has 0 heterocycles. The largest absolute Gasteiger partial charge is 0.497 e. The molecule has 0 fully saturated rings. The molecule has 0 N–H and O–H groups in total. The minimum atomic E-state index is 0. The van der Waals surface area contributed by atoms with E-state index in [0.29, 0.717) is 18.1 Å². The average molecular weight is 583 g/mol. The van der Waals surface area contributed by atoms with Crippen molar-refractivity contribution in [3.8, 4) is 11.5 Å². The van der Waals surface area contributed by atoms with Crippen LogP contribution in [-0.2, 0) is 13.1 Å². The summed E-state index contributed by atoms with van der Waals surface area (Å²) in [6.45, 7) is 3.56. The number of hydrogen-bond acceptors (Lipinski definition) is 4. The van der Waals surface area contributed by atoms with Gasteiger partial charge in [-0.25, -0.2) is 4.99 Å². The SMILES string of the molecule is CCSC(=Nc1ccccc1Cl)N(Cc1ccc(OC)cc1)Cc1ccc(OC)cc1.I. The first kappa shape index (κ1) is 26.4. The number of ether oxygens (including phenoxy) is 2. The van der Waals surface area contributed by atoms with Crippen molar-refractivity contribution in [2.75, 3.05) is 20.0 Å². The van der Waals surface area contributed by atoms with E-state index in [0.717, 1.165) is 28.1 Å². The molecule has 0 radical (unpaired) electrons. The van der Waals surface area contributed by atoms with E-state index in [1.165, 1.54) is 11.1 Å². The third-order valence-electron chi connectivity index (χ3n) is 4.68. The molecule has 3 rings (SSSR count). The number of nitrogens with zero attached hydrogens (tertiary/aromatic N) is 2. The molecule has 0 aromatic heterocycles. The highest BCUT2D eigenvalue weighted by atomic mass is 127. The highest BCUT2D eigenvalue weighted by Crippen LogP contribution is 2.28. The van der Waals surface area contributed by atoms with Crippen molar-refractivity contribution in [2.24, 2.45) is 4.99 Å². The van der Waals surface area contributed by atoms with E-state index in [1.807, 2.05) is 48.5 Å². The number of para-hydroxylation sites is 1. The number of aliphatic imine (C=N–C) groups is 1. The molecule has 0 spiro atoms. The van der Waals surface area contributed by atoms with E-state index in [4.69, 9.17) is 26.1 Å². The number of benzene rings is 3. The molecule has 32 heavy (non-hydrogen) atoms. The van der Waals surface area contributed by atoms with Crippen LogP contribution < -0.4 is 9.47 Å². The van der Waals surface area contributed by atoms with Gasteiger partial charge in [-0.15, -0.1) is 24.0 Å². The van der Waals surface area contributed by atoms with Crippen LogP contribution in [-0.4, -0.2) is 30.0 Å². The number of hydrogen-bond donors (Lipinski definition) is 0. The molecule has 0 amide bonds. The van der Waals surface area contributed by atoms with E-state index >= 15 is 0 Å². The van der Waals surface area contributed by atoms with Gasteiger partial charge >= 0.3 is 0 Å². The van der Waals surface area contributed by atoms with E-state index in [1.54, 1.807) is 26.0 Å². The zero-order valence-corrected chi connectivity index (χ0v) is 22.4. The number of thioether (sulfide) groups is 1. The zero-order chi connectivity index (χ0) is 22.1. The second kappa shape index (κ2) is 13.6. The predicted octanol–water partition coefficient (Wildman–Crippen LogP) is 7.42. The molecule has 0 aliphatic carbocycles. The molecule has 3 aromatic rings. The van der Waals surface area contributed by atoms with Crippen molar-refractivity contribution < 1.29 is 9.47 Å². The molecule has 0 saturated carbocycles. The minimum Gasteiger partial charge on any atom is -0.497 e. The van der Waals surface area contributed by atoms with E-state index in [-0.39, 0.29) is 24.0 Å². The van der Waals surface area contributed by atoms with Gasteiger partial charge in [-0.1, -0.05) is 66.7 Å². The van der Waals surface area contributed by atoms with Crippen LogP contribution in [0, 0.1) is 0 Å². The summed E-state index contributed by atoms with van der Waals surface area (Å²) < 4.78 is 10.6. The third kappa shape index (κ3) is 7.60. The Morgan fingerprint density at radius 1 is 0.844 bits per heavy atom. The summed E-state index contributed by atoms with van der Waals surface area (Å²) in [7, 11) is 3.36. The van der Waals surface area contributed by atoms with Crippen LogP contribution >= 0.6 is 47.3 Å². The summed E-state index contributed by atoms with van der Waals surface area (Å²) in [5, 5.41) is 1.58. The quantitative estimate of drug-likeness (QED) is 0.157. The molecule has 170 valence electrons. The Hall–Kier alpha value is -1.90. The smallest absolute Gasteiger partial charge is 0.165 e. The van der Waals surface area contributed by atoms with Crippen LogP contribution in [0.5, 0.6) is 11.5 Å². The molecular formula is C25H28ClIN2O2S. The van der Waals surface area contributed by atoms with Crippen LogP contribution in [0.25, 0.3) is 0 Å². The van der Waals surface area contributed by atoms with Gasteiger partial charge in [-0.3, -0.25) is 0 Å². The fourth-order valence-electron chi connectivity index (χ4n) is 3.06. The summed E-state index contributed by atoms with van der Waals surface area (Å²) in [5.74, 6) is 2.60. The first-order chi connectivity index (χ1) is 15.1. The van der Waals surface area contributed by atoms with Gasteiger partial charge in [-0.05, 0) is 53.3 Å². The Balaban J connectivity index is 0.00000363. The van der Waals surface area contributed by atoms with Crippen LogP contribution in [0.4, 0.5) is 5.69 Å². The van der Waals surface area contributed by atoms with Gasteiger partial charge in [-0.2, -0.15) is 0 Å². The zero-order valence-electron chi connectivity index (χ0n) is 18.5. The number of amidine groups is 1. The normalized spacial score (nSPS) is 10.9. The Labute approximate surface area is 217 Å². The van der Waals surface area contributed by atoms with Crippen LogP contribution in [0.1, 0.15) is 18.1 Å². The molecule has 0 aliphatic heterocycles. The van der Waals surface area contributed by atoms with Gasteiger partial charge < -0.3 is 14.4 Å². The van der Waals surface area contributed by atoms with Gasteiger partial charge in [0.2, 0.25) is 0 Å². The van der Waals surface area contributed by atoms with Crippen molar-refractivity contribution in [1.29, 1.82) is 0 Å². The third-order valence-corrected chi connectivity index (χ3v) is 5.89. The molecule has 3 aromatic carbocycles. The van der Waals surface area contributed by atoms with Gasteiger partial charge in [0.05, 0.1) is 24.9 Å². The topological polar surface area (TPSA) is 34.1 Å². The van der Waals surface area contributed by atoms with Crippen LogP contribution in [0.2, 0.25) is 5.02 Å². The standard InChI is InChI=1S/C25H27ClN2O2S.HI/c1-4-31-25(27-24-8-6-5-7-23(24)26)28(17-19-9-13-21(29-2)14-10-19)18-20-11-15-22(30-3)16-12-20;/h5-16H,4,17-18H2,1-3H3;1H. The first-order valence-corrected chi connectivity index (χ1v) is 11.5. The monoisotopic (exact) mass is 582 g/mol. The summed E-state index contributed by atoms with van der Waals surface area (Å²) in [6, 6.07) is 24.0. The molecule has 0 bridgehead atoms. The molecule has 7 heteroatoms. The lowest BCUT2D eigenvalue weighted by Crippen LogP contribution is -2.28. The van der Waals surface area contributed by atoms with Gasteiger partial charge in [0, 0.05) is 13.1 Å². The average Bonchev–Trinajstić information content (AvgIpc) is 2.80. The Morgan fingerprint density at radius 3 is 1.78 bits per heavy atom. The maximum Gasteiger partial charge on any atom is 0.165 e. The molecule has 0 unspecified atom stereocenters. The molecule has 0 atom stereocenters. The van der Waals surface area contributed by atoms with Crippen LogP contribution in [0.15, 0.2) is 77.8 Å². The van der Waals surface area contributed by atoms with E-state index < -0.39 is 0 Å². The highest BCUT2D eigenvalue weighted by molar-refractivity contribution is 14.0. The summed E-state index contributed by atoms with van der Waals surface area (Å²) >= 11 is 8.11.